The molecule has 18 heavy (non-hydrogen) atoms. The van der Waals surface area contributed by atoms with Crippen molar-refractivity contribution in [1.29, 1.82) is 0 Å². The van der Waals surface area contributed by atoms with Gasteiger partial charge < -0.3 is 4.74 Å². The smallest absolute Gasteiger partial charge is 0.170 e. The van der Waals surface area contributed by atoms with E-state index in [4.69, 9.17) is 4.74 Å². The highest BCUT2D eigenvalue weighted by molar-refractivity contribution is 5.97. The molecule has 2 rings (SSSR count). The zero-order chi connectivity index (χ0) is 13.0. The van der Waals surface area contributed by atoms with E-state index < -0.39 is 5.82 Å². The van der Waals surface area contributed by atoms with E-state index in [9.17, 15) is 9.18 Å². The van der Waals surface area contributed by atoms with Crippen molar-refractivity contribution in [3.05, 3.63) is 65.5 Å². The van der Waals surface area contributed by atoms with Crippen LogP contribution in [0.15, 0.2) is 48.5 Å². The Bertz CT molecular complexity index is 564. The quantitative estimate of drug-likeness (QED) is 0.772. The minimum atomic E-state index is -0.481. The van der Waals surface area contributed by atoms with Crippen LogP contribution < -0.4 is 4.74 Å². The second-order valence-corrected chi connectivity index (χ2v) is 3.93. The second-order valence-electron chi connectivity index (χ2n) is 3.93. The van der Waals surface area contributed by atoms with Gasteiger partial charge in [-0.25, -0.2) is 4.39 Å². The van der Waals surface area contributed by atoms with Crippen LogP contribution in [-0.2, 0) is 6.42 Å². The molecule has 0 atom stereocenters. The Morgan fingerprint density at radius 2 is 1.94 bits per heavy atom. The topological polar surface area (TPSA) is 26.3 Å². The summed E-state index contributed by atoms with van der Waals surface area (Å²) in [5.41, 5.74) is 0.933. The summed E-state index contributed by atoms with van der Waals surface area (Å²) in [7, 11) is 1.57. The van der Waals surface area contributed by atoms with Crippen LogP contribution in [-0.4, -0.2) is 12.9 Å². The lowest BCUT2D eigenvalue weighted by Crippen LogP contribution is -2.06. The minimum absolute atomic E-state index is 0.125. The molecule has 0 aliphatic heterocycles. The van der Waals surface area contributed by atoms with Crippen molar-refractivity contribution >= 4 is 5.78 Å². The van der Waals surface area contributed by atoms with Gasteiger partial charge in [0, 0.05) is 6.42 Å². The fourth-order valence-corrected chi connectivity index (χ4v) is 1.75. The Morgan fingerprint density at radius 1 is 1.17 bits per heavy atom. The fraction of sp³-hybridized carbons (Fsp3) is 0.133. The molecule has 0 bridgehead atoms. The Hall–Kier alpha value is -2.16. The van der Waals surface area contributed by atoms with Crippen LogP contribution in [0.3, 0.4) is 0 Å². The molecule has 0 N–H and O–H groups in total. The van der Waals surface area contributed by atoms with Gasteiger partial charge >= 0.3 is 0 Å². The van der Waals surface area contributed by atoms with Crippen LogP contribution in [0.25, 0.3) is 0 Å². The number of hydrogen-bond acceptors (Lipinski definition) is 2. The average Bonchev–Trinajstić information content (AvgIpc) is 2.39. The van der Waals surface area contributed by atoms with Crippen molar-refractivity contribution in [2.75, 3.05) is 7.11 Å². The number of Topliss-reactive ketones (excluding diaryl/α,β-unsaturated/α-hetero) is 1. The largest absolute Gasteiger partial charge is 0.497 e. The maximum absolute atomic E-state index is 13.4. The Morgan fingerprint density at radius 3 is 2.67 bits per heavy atom. The van der Waals surface area contributed by atoms with Crippen molar-refractivity contribution in [1.82, 2.24) is 0 Å². The van der Waals surface area contributed by atoms with E-state index in [1.165, 1.54) is 12.1 Å². The van der Waals surface area contributed by atoms with Crippen LogP contribution in [0.5, 0.6) is 5.75 Å². The maximum Gasteiger partial charge on any atom is 0.170 e. The van der Waals surface area contributed by atoms with Gasteiger partial charge in [-0.2, -0.15) is 0 Å². The molecule has 0 saturated heterocycles. The molecule has 2 aromatic carbocycles. The summed E-state index contributed by atoms with van der Waals surface area (Å²) < 4.78 is 18.5. The third-order valence-electron chi connectivity index (χ3n) is 2.67. The summed E-state index contributed by atoms with van der Waals surface area (Å²) in [6, 6.07) is 13.2. The van der Waals surface area contributed by atoms with E-state index in [0.29, 0.717) is 5.75 Å². The first kappa shape index (κ1) is 12.3. The van der Waals surface area contributed by atoms with Crippen molar-refractivity contribution < 1.29 is 13.9 Å². The molecule has 0 aliphatic rings. The molecule has 0 radical (unpaired) electrons. The van der Waals surface area contributed by atoms with E-state index in [0.717, 1.165) is 5.56 Å². The normalized spacial score (nSPS) is 10.1. The van der Waals surface area contributed by atoms with Gasteiger partial charge in [-0.1, -0.05) is 24.3 Å². The van der Waals surface area contributed by atoms with E-state index in [1.54, 1.807) is 31.4 Å². The molecule has 3 heteroatoms. The summed E-state index contributed by atoms with van der Waals surface area (Å²) in [4.78, 5) is 12.0. The molecular formula is C15H13FO2. The standard InChI is InChI=1S/C15H13FO2/c1-18-12-6-4-5-11(9-12)10-15(17)13-7-2-3-8-14(13)16/h2-9H,10H2,1H3. The van der Waals surface area contributed by atoms with Gasteiger partial charge in [-0.3, -0.25) is 4.79 Å². The molecule has 2 aromatic rings. The van der Waals surface area contributed by atoms with Gasteiger partial charge in [0.2, 0.25) is 0 Å². The van der Waals surface area contributed by atoms with Crippen molar-refractivity contribution in [3.8, 4) is 5.75 Å². The number of benzene rings is 2. The van der Waals surface area contributed by atoms with Crippen LogP contribution in [0.1, 0.15) is 15.9 Å². The number of ether oxygens (including phenoxy) is 1. The zero-order valence-electron chi connectivity index (χ0n) is 10.0. The highest BCUT2D eigenvalue weighted by Crippen LogP contribution is 2.16. The number of ketones is 1. The first-order valence-electron chi connectivity index (χ1n) is 5.61. The maximum atomic E-state index is 13.4. The Kier molecular flexibility index (Phi) is 3.72. The first-order chi connectivity index (χ1) is 8.70. The summed E-state index contributed by atoms with van der Waals surface area (Å²) >= 11 is 0. The van der Waals surface area contributed by atoms with Gasteiger partial charge in [-0.05, 0) is 29.8 Å². The monoisotopic (exact) mass is 244 g/mol. The highest BCUT2D eigenvalue weighted by Gasteiger charge is 2.11. The van der Waals surface area contributed by atoms with Crippen LogP contribution in [0.2, 0.25) is 0 Å². The van der Waals surface area contributed by atoms with E-state index in [-0.39, 0.29) is 17.8 Å². The summed E-state index contributed by atoms with van der Waals surface area (Å²) in [6.07, 6.45) is 0.165. The van der Waals surface area contributed by atoms with Gasteiger partial charge in [0.05, 0.1) is 12.7 Å². The third kappa shape index (κ3) is 2.74. The first-order valence-corrected chi connectivity index (χ1v) is 5.61. The highest BCUT2D eigenvalue weighted by atomic mass is 19.1. The summed E-state index contributed by atoms with van der Waals surface area (Å²) in [6.45, 7) is 0. The number of halogens is 1. The second kappa shape index (κ2) is 5.45. The minimum Gasteiger partial charge on any atom is -0.497 e. The van der Waals surface area contributed by atoms with Gasteiger partial charge in [-0.15, -0.1) is 0 Å². The number of carbonyl (C=O) groups excluding carboxylic acids is 1. The SMILES string of the molecule is COc1cccc(CC(=O)c2ccccc2F)c1. The number of methoxy groups -OCH3 is 1. The molecular weight excluding hydrogens is 231 g/mol. The van der Waals surface area contributed by atoms with Gasteiger partial charge in [0.1, 0.15) is 11.6 Å². The predicted molar refractivity (Wildman–Crippen MR) is 67.4 cm³/mol. The summed E-state index contributed by atoms with van der Waals surface area (Å²) in [5.74, 6) is -0.0272. The van der Waals surface area contributed by atoms with Crippen LogP contribution in [0, 0.1) is 5.82 Å². The molecule has 92 valence electrons. The molecule has 0 unspecified atom stereocenters. The molecule has 2 nitrogen and oxygen atoms in total. The molecule has 0 spiro atoms. The number of rotatable bonds is 4. The van der Waals surface area contributed by atoms with Crippen LogP contribution >= 0.6 is 0 Å². The molecule has 0 fully saturated rings. The van der Waals surface area contributed by atoms with E-state index >= 15 is 0 Å². The molecule has 0 aliphatic carbocycles. The lowest BCUT2D eigenvalue weighted by molar-refractivity contribution is 0.0989. The third-order valence-corrected chi connectivity index (χ3v) is 2.67. The predicted octanol–water partition coefficient (Wildman–Crippen LogP) is 3.26. The lowest BCUT2D eigenvalue weighted by Gasteiger charge is -2.05. The van der Waals surface area contributed by atoms with E-state index in [2.05, 4.69) is 0 Å². The number of carbonyl (C=O) groups is 1. The molecule has 0 saturated carbocycles. The van der Waals surface area contributed by atoms with Crippen molar-refractivity contribution in [2.24, 2.45) is 0 Å². The van der Waals surface area contributed by atoms with Crippen molar-refractivity contribution in [2.45, 2.75) is 6.42 Å². The Balaban J connectivity index is 2.19. The zero-order valence-corrected chi connectivity index (χ0v) is 10.0. The molecule has 0 aromatic heterocycles. The van der Waals surface area contributed by atoms with Gasteiger partial charge in [0.15, 0.2) is 5.78 Å². The van der Waals surface area contributed by atoms with Crippen LogP contribution in [0.4, 0.5) is 4.39 Å². The number of hydrogen-bond donors (Lipinski definition) is 0. The molecule has 0 amide bonds. The molecule has 0 heterocycles. The Labute approximate surface area is 105 Å². The van der Waals surface area contributed by atoms with Crippen molar-refractivity contribution in [3.63, 3.8) is 0 Å². The van der Waals surface area contributed by atoms with Gasteiger partial charge in [0.25, 0.3) is 0 Å². The van der Waals surface area contributed by atoms with E-state index in [1.807, 2.05) is 12.1 Å². The lowest BCUT2D eigenvalue weighted by atomic mass is 10.0. The average molecular weight is 244 g/mol. The fourth-order valence-electron chi connectivity index (χ4n) is 1.75. The summed E-state index contributed by atoms with van der Waals surface area (Å²) in [5, 5.41) is 0.